The number of hydrogen-bond acceptors (Lipinski definition) is 4. The summed E-state index contributed by atoms with van der Waals surface area (Å²) in [5.41, 5.74) is 6.60. The number of carbonyl (C=O) groups excluding carboxylic acids is 1. The number of nitrogens with zero attached hydrogens (tertiary/aromatic N) is 2. The topological polar surface area (TPSA) is 88.1 Å². The molecule has 0 bridgehead atoms. The summed E-state index contributed by atoms with van der Waals surface area (Å²) in [4.78, 5) is 19.9. The summed E-state index contributed by atoms with van der Waals surface area (Å²) in [6.07, 6.45) is 6.85. The quantitative estimate of drug-likeness (QED) is 0.267. The number of benzene rings is 2. The van der Waals surface area contributed by atoms with E-state index in [-0.39, 0.29) is 12.0 Å². The van der Waals surface area contributed by atoms with Gasteiger partial charge in [0.15, 0.2) is 11.6 Å². The second-order valence-corrected chi connectivity index (χ2v) is 9.53. The number of likely N-dealkylation sites (tertiary alicyclic amines) is 1. The molecule has 34 heavy (non-hydrogen) atoms. The van der Waals surface area contributed by atoms with Gasteiger partial charge in [0.1, 0.15) is 6.10 Å². The minimum Gasteiger partial charge on any atom is -0.460 e. The van der Waals surface area contributed by atoms with Crippen molar-refractivity contribution in [3.05, 3.63) is 71.8 Å². The Balaban J connectivity index is 1.28. The van der Waals surface area contributed by atoms with Crippen LogP contribution >= 0.6 is 0 Å². The van der Waals surface area contributed by atoms with Gasteiger partial charge in [0.05, 0.1) is 0 Å². The summed E-state index contributed by atoms with van der Waals surface area (Å²) in [5, 5.41) is 11.6. The van der Waals surface area contributed by atoms with Crippen LogP contribution in [0, 0.1) is 5.92 Å². The summed E-state index contributed by atoms with van der Waals surface area (Å²) in [7, 11) is 0. The van der Waals surface area contributed by atoms with Crippen LogP contribution in [0.15, 0.2) is 65.7 Å². The molecule has 1 heterocycles. The number of hydrogen-bond donors (Lipinski definition) is 2. The fourth-order valence-corrected chi connectivity index (χ4v) is 5.22. The van der Waals surface area contributed by atoms with Gasteiger partial charge < -0.3 is 20.5 Å². The number of aliphatic imine (C=N–C) groups is 1. The number of esters is 1. The van der Waals surface area contributed by atoms with Crippen molar-refractivity contribution < 1.29 is 14.6 Å². The first kappa shape index (κ1) is 24.3. The highest BCUT2D eigenvalue weighted by Gasteiger charge is 2.48. The van der Waals surface area contributed by atoms with Gasteiger partial charge >= 0.3 is 5.97 Å². The fraction of sp³-hybridized carbons (Fsp3) is 0.500. The van der Waals surface area contributed by atoms with Crippen LogP contribution in [0.25, 0.3) is 0 Å². The molecule has 1 saturated carbocycles. The van der Waals surface area contributed by atoms with Crippen LogP contribution in [0.4, 0.5) is 0 Å². The molecular formula is C28H37N3O3. The molecule has 1 atom stereocenters. The molecule has 1 aliphatic carbocycles. The Morgan fingerprint density at radius 1 is 1.00 bits per heavy atom. The molecule has 6 heteroatoms. The average molecular weight is 464 g/mol. The normalized spacial score (nSPS) is 19.7. The molecule has 182 valence electrons. The molecule has 0 radical (unpaired) electrons. The largest absolute Gasteiger partial charge is 0.460 e. The van der Waals surface area contributed by atoms with Gasteiger partial charge in [-0.25, -0.2) is 4.79 Å². The molecule has 2 aliphatic rings. The maximum Gasteiger partial charge on any atom is 0.343 e. The maximum atomic E-state index is 13.3. The van der Waals surface area contributed by atoms with E-state index in [0.29, 0.717) is 44.0 Å². The number of rotatable bonds is 8. The van der Waals surface area contributed by atoms with Crippen LogP contribution < -0.4 is 5.73 Å². The van der Waals surface area contributed by atoms with Gasteiger partial charge in [0, 0.05) is 38.4 Å². The number of piperidine rings is 1. The Kier molecular flexibility index (Phi) is 8.22. The van der Waals surface area contributed by atoms with Gasteiger partial charge in [-0.2, -0.15) is 0 Å². The predicted molar refractivity (Wildman–Crippen MR) is 134 cm³/mol. The smallest absolute Gasteiger partial charge is 0.343 e. The number of ether oxygens (including phenoxy) is 1. The molecule has 0 amide bonds. The van der Waals surface area contributed by atoms with E-state index < -0.39 is 11.6 Å². The van der Waals surface area contributed by atoms with Crippen molar-refractivity contribution in [2.24, 2.45) is 16.6 Å². The van der Waals surface area contributed by atoms with Crippen LogP contribution in [0.5, 0.6) is 0 Å². The van der Waals surface area contributed by atoms with Crippen LogP contribution in [0.1, 0.15) is 56.1 Å². The number of nitrogens with two attached hydrogens (primary N) is 1. The van der Waals surface area contributed by atoms with Crippen molar-refractivity contribution in [1.29, 1.82) is 0 Å². The van der Waals surface area contributed by atoms with Gasteiger partial charge in [-0.05, 0) is 36.8 Å². The van der Waals surface area contributed by atoms with Gasteiger partial charge in [-0.3, -0.25) is 4.99 Å². The van der Waals surface area contributed by atoms with E-state index in [9.17, 15) is 9.90 Å². The van der Waals surface area contributed by atoms with Gasteiger partial charge in [-0.15, -0.1) is 0 Å². The third kappa shape index (κ3) is 5.79. The summed E-state index contributed by atoms with van der Waals surface area (Å²) in [6.45, 7) is 2.08. The lowest BCUT2D eigenvalue weighted by Crippen LogP contribution is -2.48. The maximum absolute atomic E-state index is 13.3. The van der Waals surface area contributed by atoms with Crippen LogP contribution in [-0.2, 0) is 21.6 Å². The van der Waals surface area contributed by atoms with E-state index in [2.05, 4.69) is 34.2 Å². The molecule has 0 aromatic heterocycles. The summed E-state index contributed by atoms with van der Waals surface area (Å²) in [6, 6.07) is 19.7. The molecule has 3 N–H and O–H groups in total. The second-order valence-electron chi connectivity index (χ2n) is 9.53. The summed E-state index contributed by atoms with van der Waals surface area (Å²) >= 11 is 0. The highest BCUT2D eigenvalue weighted by atomic mass is 16.6. The number of carbonyl (C=O) groups is 1. The van der Waals surface area contributed by atoms with E-state index in [0.717, 1.165) is 38.5 Å². The van der Waals surface area contributed by atoms with Gasteiger partial charge in [-0.1, -0.05) is 73.5 Å². The van der Waals surface area contributed by atoms with Crippen molar-refractivity contribution in [3.8, 4) is 0 Å². The average Bonchev–Trinajstić information content (AvgIpc) is 3.43. The van der Waals surface area contributed by atoms with Crippen molar-refractivity contribution in [3.63, 3.8) is 0 Å². The zero-order valence-corrected chi connectivity index (χ0v) is 19.9. The zero-order chi connectivity index (χ0) is 23.8. The van der Waals surface area contributed by atoms with Crippen molar-refractivity contribution in [1.82, 2.24) is 4.90 Å². The first-order chi connectivity index (χ1) is 16.6. The summed E-state index contributed by atoms with van der Waals surface area (Å²) < 4.78 is 5.90. The van der Waals surface area contributed by atoms with Gasteiger partial charge in [0.2, 0.25) is 0 Å². The Hall–Kier alpha value is -2.86. The van der Waals surface area contributed by atoms with Crippen molar-refractivity contribution in [2.45, 2.75) is 63.1 Å². The number of guanidine groups is 1. The first-order valence-corrected chi connectivity index (χ1v) is 12.6. The molecule has 1 aliphatic heterocycles. The lowest BCUT2D eigenvalue weighted by Gasteiger charge is -2.36. The highest BCUT2D eigenvalue weighted by molar-refractivity contribution is 5.82. The monoisotopic (exact) mass is 463 g/mol. The standard InChI is InChI=1S/C28H37N3O3/c29-27(30-19-9-12-22-10-3-1-4-11-22)31-20-17-25(18-21-31)34-26(32)28(33,24-15-7-8-16-24)23-13-5-2-6-14-23/h1-6,10-11,13-14,24-25,33H,7-9,12,15-21H2,(H2,29,30)/t28-/m0/s1. The summed E-state index contributed by atoms with van der Waals surface area (Å²) in [5.74, 6) is -0.0441. The highest BCUT2D eigenvalue weighted by Crippen LogP contribution is 2.42. The van der Waals surface area contributed by atoms with Crippen molar-refractivity contribution in [2.75, 3.05) is 19.6 Å². The van der Waals surface area contributed by atoms with E-state index in [1.54, 1.807) is 0 Å². The van der Waals surface area contributed by atoms with Crippen LogP contribution in [-0.4, -0.2) is 47.7 Å². The predicted octanol–water partition coefficient (Wildman–Crippen LogP) is 4.02. The lowest BCUT2D eigenvalue weighted by atomic mass is 9.80. The fourth-order valence-electron chi connectivity index (χ4n) is 5.22. The Morgan fingerprint density at radius 2 is 1.62 bits per heavy atom. The zero-order valence-electron chi connectivity index (χ0n) is 19.9. The third-order valence-electron chi connectivity index (χ3n) is 7.25. The molecule has 6 nitrogen and oxygen atoms in total. The van der Waals surface area contributed by atoms with Gasteiger partial charge in [0.25, 0.3) is 0 Å². The Labute approximate surface area is 202 Å². The van der Waals surface area contributed by atoms with E-state index in [1.165, 1.54) is 5.56 Å². The van der Waals surface area contributed by atoms with E-state index in [1.807, 2.05) is 36.4 Å². The minimum absolute atomic E-state index is 0.0962. The lowest BCUT2D eigenvalue weighted by molar-refractivity contribution is -0.181. The van der Waals surface area contributed by atoms with Crippen molar-refractivity contribution >= 4 is 11.9 Å². The Morgan fingerprint density at radius 3 is 2.26 bits per heavy atom. The SMILES string of the molecule is NC(=NCCCc1ccccc1)N1CCC(OC(=O)[C@](O)(c2ccccc2)C2CCCC2)CC1. The molecule has 2 aromatic carbocycles. The minimum atomic E-state index is -1.58. The molecule has 2 fully saturated rings. The molecule has 2 aromatic rings. The Bertz CT molecular complexity index is 936. The van der Waals surface area contributed by atoms with E-state index in [4.69, 9.17) is 10.5 Å². The molecule has 1 saturated heterocycles. The third-order valence-corrected chi connectivity index (χ3v) is 7.25. The molecule has 0 spiro atoms. The molecular weight excluding hydrogens is 426 g/mol. The number of aryl methyl sites for hydroxylation is 1. The van der Waals surface area contributed by atoms with E-state index >= 15 is 0 Å². The van der Waals surface area contributed by atoms with Crippen LogP contribution in [0.3, 0.4) is 0 Å². The first-order valence-electron chi connectivity index (χ1n) is 12.6. The van der Waals surface area contributed by atoms with Crippen LogP contribution in [0.2, 0.25) is 0 Å². The number of aliphatic hydroxyl groups is 1. The molecule has 0 unspecified atom stereocenters. The molecule has 4 rings (SSSR count). The second kappa shape index (κ2) is 11.5.